The van der Waals surface area contributed by atoms with E-state index in [9.17, 15) is 14.4 Å². The van der Waals surface area contributed by atoms with Gasteiger partial charge in [-0.1, -0.05) is 53.7 Å². The van der Waals surface area contributed by atoms with Crippen molar-refractivity contribution in [1.82, 2.24) is 10.2 Å². The Bertz CT molecular complexity index is 1050. The number of benzene rings is 2. The number of fused-ring (bicyclic) bond motifs is 1. The maximum atomic E-state index is 13.2. The summed E-state index contributed by atoms with van der Waals surface area (Å²) in [5.41, 5.74) is 2.86. The van der Waals surface area contributed by atoms with Gasteiger partial charge >= 0.3 is 0 Å². The average molecular weight is 450 g/mol. The lowest BCUT2D eigenvalue weighted by molar-refractivity contribution is -0.127. The van der Waals surface area contributed by atoms with E-state index >= 15 is 0 Å². The highest BCUT2D eigenvalue weighted by molar-refractivity contribution is 8.04. The van der Waals surface area contributed by atoms with Crippen molar-refractivity contribution in [3.8, 4) is 0 Å². The summed E-state index contributed by atoms with van der Waals surface area (Å²) in [6.45, 7) is 3.93. The standard InChI is InChI=1S/C25H27N3O3S/c1-18-9-11-19(12-10-18)16-22-25(31)28(20-6-2-3-7-21(20)32-22)17-23(29)26-13-5-15-27-14-4-8-24(27)30/h2-3,6-7,9-12,16H,4-5,8,13-15,17H2,1H3,(H,26,29)/b22-16+. The molecule has 0 spiro atoms. The second kappa shape index (κ2) is 10.0. The van der Waals surface area contributed by atoms with Crippen LogP contribution in [0.2, 0.25) is 0 Å². The van der Waals surface area contributed by atoms with Crippen LogP contribution in [0.3, 0.4) is 0 Å². The summed E-state index contributed by atoms with van der Waals surface area (Å²) < 4.78 is 0. The van der Waals surface area contributed by atoms with Crippen molar-refractivity contribution in [2.24, 2.45) is 0 Å². The van der Waals surface area contributed by atoms with Crippen LogP contribution < -0.4 is 10.2 Å². The van der Waals surface area contributed by atoms with E-state index in [0.29, 0.717) is 30.8 Å². The zero-order valence-electron chi connectivity index (χ0n) is 18.2. The first-order chi connectivity index (χ1) is 15.5. The highest BCUT2D eigenvalue weighted by Crippen LogP contribution is 2.41. The number of aryl methyl sites for hydroxylation is 1. The van der Waals surface area contributed by atoms with Gasteiger partial charge in [0, 0.05) is 31.0 Å². The number of amides is 3. The molecule has 2 aliphatic rings. The van der Waals surface area contributed by atoms with Gasteiger partial charge in [0.1, 0.15) is 6.54 Å². The van der Waals surface area contributed by atoms with Crippen LogP contribution in [0.5, 0.6) is 0 Å². The Balaban J connectivity index is 1.42. The molecule has 2 aromatic rings. The number of thioether (sulfide) groups is 1. The van der Waals surface area contributed by atoms with E-state index in [0.717, 1.165) is 34.7 Å². The number of likely N-dealkylation sites (tertiary alicyclic amines) is 1. The topological polar surface area (TPSA) is 69.7 Å². The molecule has 2 heterocycles. The molecule has 1 N–H and O–H groups in total. The molecule has 4 rings (SSSR count). The van der Waals surface area contributed by atoms with E-state index in [4.69, 9.17) is 0 Å². The van der Waals surface area contributed by atoms with Crippen LogP contribution in [0.4, 0.5) is 5.69 Å². The van der Waals surface area contributed by atoms with Crippen LogP contribution >= 0.6 is 11.8 Å². The highest BCUT2D eigenvalue weighted by atomic mass is 32.2. The minimum absolute atomic E-state index is 0.0374. The Morgan fingerprint density at radius 3 is 2.66 bits per heavy atom. The SMILES string of the molecule is Cc1ccc(/C=C2/Sc3ccccc3N(CC(=O)NCCCN3CCCC3=O)C2=O)cc1. The van der Waals surface area contributed by atoms with Crippen LogP contribution in [0.15, 0.2) is 58.3 Å². The minimum Gasteiger partial charge on any atom is -0.354 e. The summed E-state index contributed by atoms with van der Waals surface area (Å²) in [6.07, 6.45) is 4.12. The molecule has 0 radical (unpaired) electrons. The van der Waals surface area contributed by atoms with Crippen molar-refractivity contribution in [2.75, 3.05) is 31.1 Å². The third kappa shape index (κ3) is 5.22. The lowest BCUT2D eigenvalue weighted by Crippen LogP contribution is -2.43. The van der Waals surface area contributed by atoms with Gasteiger partial charge in [0.15, 0.2) is 0 Å². The Kier molecular flexibility index (Phi) is 6.95. The molecule has 7 heteroatoms. The first kappa shape index (κ1) is 22.1. The van der Waals surface area contributed by atoms with Gasteiger partial charge in [-0.2, -0.15) is 0 Å². The van der Waals surface area contributed by atoms with E-state index in [1.54, 1.807) is 4.90 Å². The highest BCUT2D eigenvalue weighted by Gasteiger charge is 2.30. The maximum absolute atomic E-state index is 13.2. The van der Waals surface area contributed by atoms with Gasteiger partial charge in [0.05, 0.1) is 10.6 Å². The smallest absolute Gasteiger partial charge is 0.265 e. The average Bonchev–Trinajstić information content (AvgIpc) is 3.20. The largest absolute Gasteiger partial charge is 0.354 e. The van der Waals surface area contributed by atoms with E-state index in [1.807, 2.05) is 66.4 Å². The molecule has 6 nitrogen and oxygen atoms in total. The second-order valence-electron chi connectivity index (χ2n) is 8.07. The predicted molar refractivity (Wildman–Crippen MR) is 127 cm³/mol. The van der Waals surface area contributed by atoms with Gasteiger partial charge in [-0.15, -0.1) is 0 Å². The Morgan fingerprint density at radius 1 is 1.12 bits per heavy atom. The Labute approximate surface area is 192 Å². The minimum atomic E-state index is -0.206. The van der Waals surface area contributed by atoms with Crippen LogP contribution in [-0.2, 0) is 14.4 Å². The second-order valence-corrected chi connectivity index (χ2v) is 9.15. The lowest BCUT2D eigenvalue weighted by atomic mass is 10.1. The van der Waals surface area contributed by atoms with Crippen LogP contribution in [0.1, 0.15) is 30.4 Å². The summed E-state index contributed by atoms with van der Waals surface area (Å²) in [6, 6.07) is 15.6. The number of hydrogen-bond acceptors (Lipinski definition) is 4. The zero-order valence-corrected chi connectivity index (χ0v) is 19.0. The monoisotopic (exact) mass is 449 g/mol. The molecule has 0 aliphatic carbocycles. The summed E-state index contributed by atoms with van der Waals surface area (Å²) in [5, 5.41) is 2.89. The number of para-hydroxylation sites is 1. The molecule has 166 valence electrons. The van der Waals surface area contributed by atoms with Gasteiger partial charge in [0.2, 0.25) is 11.8 Å². The van der Waals surface area contributed by atoms with Crippen molar-refractivity contribution in [3.63, 3.8) is 0 Å². The Hall–Kier alpha value is -3.06. The number of carbonyl (C=O) groups excluding carboxylic acids is 3. The summed E-state index contributed by atoms with van der Waals surface area (Å²) >= 11 is 1.43. The molecule has 3 amide bonds. The normalized spacial score (nSPS) is 17.1. The number of hydrogen-bond donors (Lipinski definition) is 1. The van der Waals surface area contributed by atoms with Crippen LogP contribution in [0, 0.1) is 6.92 Å². The quantitative estimate of drug-likeness (QED) is 0.518. The molecule has 32 heavy (non-hydrogen) atoms. The van der Waals surface area contributed by atoms with Crippen molar-refractivity contribution < 1.29 is 14.4 Å². The first-order valence-electron chi connectivity index (χ1n) is 10.9. The van der Waals surface area contributed by atoms with Crippen molar-refractivity contribution >= 4 is 41.2 Å². The van der Waals surface area contributed by atoms with Gasteiger partial charge in [-0.25, -0.2) is 0 Å². The fourth-order valence-corrected chi connectivity index (χ4v) is 4.93. The molecule has 0 aromatic heterocycles. The lowest BCUT2D eigenvalue weighted by Gasteiger charge is -2.29. The van der Waals surface area contributed by atoms with Crippen molar-refractivity contribution in [2.45, 2.75) is 31.1 Å². The maximum Gasteiger partial charge on any atom is 0.265 e. The number of nitrogens with one attached hydrogen (secondary N) is 1. The van der Waals surface area contributed by atoms with E-state index in [1.165, 1.54) is 11.8 Å². The molecule has 2 aromatic carbocycles. The molecular formula is C25H27N3O3S. The van der Waals surface area contributed by atoms with Crippen molar-refractivity contribution in [3.05, 3.63) is 64.6 Å². The summed E-state index contributed by atoms with van der Waals surface area (Å²) in [4.78, 5) is 42.5. The number of nitrogens with zero attached hydrogens (tertiary/aromatic N) is 2. The molecule has 0 atom stereocenters. The summed E-state index contributed by atoms with van der Waals surface area (Å²) in [5.74, 6) is -0.188. The third-order valence-corrected chi connectivity index (χ3v) is 6.68. The Morgan fingerprint density at radius 2 is 1.91 bits per heavy atom. The zero-order chi connectivity index (χ0) is 22.5. The predicted octanol–water partition coefficient (Wildman–Crippen LogP) is 3.60. The fourth-order valence-electron chi connectivity index (χ4n) is 3.87. The van der Waals surface area contributed by atoms with Gasteiger partial charge in [-0.3, -0.25) is 19.3 Å². The van der Waals surface area contributed by atoms with Crippen LogP contribution in [0.25, 0.3) is 6.08 Å². The van der Waals surface area contributed by atoms with Crippen LogP contribution in [-0.4, -0.2) is 48.8 Å². The van der Waals surface area contributed by atoms with Crippen molar-refractivity contribution in [1.29, 1.82) is 0 Å². The molecule has 1 fully saturated rings. The van der Waals surface area contributed by atoms with Gasteiger partial charge in [0.25, 0.3) is 5.91 Å². The first-order valence-corrected chi connectivity index (χ1v) is 11.7. The molecular weight excluding hydrogens is 422 g/mol. The fraction of sp³-hybridized carbons (Fsp3) is 0.320. The number of anilines is 1. The molecule has 2 aliphatic heterocycles. The third-order valence-electron chi connectivity index (χ3n) is 5.61. The van der Waals surface area contributed by atoms with E-state index in [2.05, 4.69) is 5.32 Å². The molecule has 0 saturated carbocycles. The van der Waals surface area contributed by atoms with E-state index < -0.39 is 0 Å². The van der Waals surface area contributed by atoms with Gasteiger partial charge in [-0.05, 0) is 43.5 Å². The number of carbonyl (C=O) groups is 3. The summed E-state index contributed by atoms with van der Waals surface area (Å²) in [7, 11) is 0. The molecule has 1 saturated heterocycles. The molecule has 0 bridgehead atoms. The van der Waals surface area contributed by atoms with E-state index in [-0.39, 0.29) is 24.3 Å². The molecule has 0 unspecified atom stereocenters. The van der Waals surface area contributed by atoms with Gasteiger partial charge < -0.3 is 10.2 Å². The number of rotatable bonds is 7.